The van der Waals surface area contributed by atoms with Gasteiger partial charge in [-0.15, -0.1) is 21.5 Å². The molecule has 30 heavy (non-hydrogen) atoms. The standard InChI is InChI=1S/C23H22N4OS2/c1-15-12-16(2)21(17(3)13-15)24-20(28)14-30-23-26-25-22(19-10-7-11-29-19)27(23)18-8-5-4-6-9-18/h4-13H,14H2,1-3H3,(H,24,28). The number of hydrogen-bond acceptors (Lipinski definition) is 5. The van der Waals surface area contributed by atoms with Gasteiger partial charge in [-0.05, 0) is 55.5 Å². The quantitative estimate of drug-likeness (QED) is 0.398. The van der Waals surface area contributed by atoms with Crippen molar-refractivity contribution in [1.29, 1.82) is 0 Å². The zero-order valence-electron chi connectivity index (χ0n) is 17.0. The van der Waals surface area contributed by atoms with Crippen LogP contribution >= 0.6 is 23.1 Å². The summed E-state index contributed by atoms with van der Waals surface area (Å²) in [5, 5.41) is 14.5. The number of aryl methyl sites for hydroxylation is 3. The van der Waals surface area contributed by atoms with Crippen LogP contribution in [0, 0.1) is 20.8 Å². The van der Waals surface area contributed by atoms with Crippen molar-refractivity contribution in [2.24, 2.45) is 0 Å². The monoisotopic (exact) mass is 434 g/mol. The molecule has 0 saturated heterocycles. The van der Waals surface area contributed by atoms with Gasteiger partial charge >= 0.3 is 0 Å². The van der Waals surface area contributed by atoms with Gasteiger partial charge in [0.2, 0.25) is 5.91 Å². The number of nitrogens with zero attached hydrogens (tertiary/aromatic N) is 3. The summed E-state index contributed by atoms with van der Waals surface area (Å²) in [5.74, 6) is 0.974. The highest BCUT2D eigenvalue weighted by Gasteiger charge is 2.18. The molecule has 152 valence electrons. The van der Waals surface area contributed by atoms with E-state index in [2.05, 4.69) is 34.6 Å². The van der Waals surface area contributed by atoms with Crippen molar-refractivity contribution >= 4 is 34.7 Å². The largest absolute Gasteiger partial charge is 0.325 e. The first-order valence-electron chi connectivity index (χ1n) is 9.58. The van der Waals surface area contributed by atoms with Crippen LogP contribution in [0.3, 0.4) is 0 Å². The fourth-order valence-electron chi connectivity index (χ4n) is 3.42. The number of amides is 1. The molecule has 0 unspecified atom stereocenters. The molecule has 7 heteroatoms. The summed E-state index contributed by atoms with van der Waals surface area (Å²) in [7, 11) is 0. The Kier molecular flexibility index (Phi) is 6.01. The molecule has 0 atom stereocenters. The molecule has 0 saturated carbocycles. The normalized spacial score (nSPS) is 10.9. The van der Waals surface area contributed by atoms with Gasteiger partial charge in [-0.1, -0.05) is 53.7 Å². The molecule has 4 rings (SSSR count). The minimum atomic E-state index is -0.0599. The van der Waals surface area contributed by atoms with Gasteiger partial charge in [0.1, 0.15) is 0 Å². The first-order valence-corrected chi connectivity index (χ1v) is 11.4. The van der Waals surface area contributed by atoms with Crippen molar-refractivity contribution in [3.63, 3.8) is 0 Å². The Morgan fingerprint density at radius 1 is 1.03 bits per heavy atom. The Bertz CT molecular complexity index is 1140. The van der Waals surface area contributed by atoms with E-state index in [9.17, 15) is 4.79 Å². The maximum atomic E-state index is 12.7. The first kappa shape index (κ1) is 20.4. The van der Waals surface area contributed by atoms with Crippen LogP contribution in [0.15, 0.2) is 65.1 Å². The van der Waals surface area contributed by atoms with Crippen molar-refractivity contribution < 1.29 is 4.79 Å². The smallest absolute Gasteiger partial charge is 0.234 e. The molecular formula is C23H22N4OS2. The highest BCUT2D eigenvalue weighted by Crippen LogP contribution is 2.30. The minimum Gasteiger partial charge on any atom is -0.325 e. The van der Waals surface area contributed by atoms with Gasteiger partial charge in [0, 0.05) is 11.4 Å². The van der Waals surface area contributed by atoms with E-state index in [-0.39, 0.29) is 11.7 Å². The van der Waals surface area contributed by atoms with Crippen LogP contribution in [0.2, 0.25) is 0 Å². The van der Waals surface area contributed by atoms with Crippen molar-refractivity contribution in [3.8, 4) is 16.4 Å². The van der Waals surface area contributed by atoms with E-state index in [0.717, 1.165) is 33.2 Å². The van der Waals surface area contributed by atoms with Gasteiger partial charge in [0.15, 0.2) is 11.0 Å². The lowest BCUT2D eigenvalue weighted by Crippen LogP contribution is -2.16. The molecule has 5 nitrogen and oxygen atoms in total. The molecule has 0 bridgehead atoms. The topological polar surface area (TPSA) is 59.8 Å². The van der Waals surface area contributed by atoms with E-state index in [1.54, 1.807) is 11.3 Å². The van der Waals surface area contributed by atoms with E-state index in [1.807, 2.05) is 66.3 Å². The molecule has 0 radical (unpaired) electrons. The molecule has 2 aromatic heterocycles. The fourth-order valence-corrected chi connectivity index (χ4v) is 4.87. The highest BCUT2D eigenvalue weighted by atomic mass is 32.2. The number of benzene rings is 2. The maximum Gasteiger partial charge on any atom is 0.234 e. The second kappa shape index (κ2) is 8.85. The molecule has 1 amide bonds. The van der Waals surface area contributed by atoms with Crippen LogP contribution in [0.1, 0.15) is 16.7 Å². The second-order valence-corrected chi connectivity index (χ2v) is 8.96. The number of rotatable bonds is 6. The average molecular weight is 435 g/mol. The summed E-state index contributed by atoms with van der Waals surface area (Å²) in [6.45, 7) is 6.09. The van der Waals surface area contributed by atoms with E-state index in [4.69, 9.17) is 0 Å². The molecule has 0 fully saturated rings. The number of thioether (sulfide) groups is 1. The molecule has 0 aliphatic rings. The third kappa shape index (κ3) is 4.32. The fraction of sp³-hybridized carbons (Fsp3) is 0.174. The number of aromatic nitrogens is 3. The van der Waals surface area contributed by atoms with Gasteiger partial charge in [0.05, 0.1) is 10.6 Å². The molecular weight excluding hydrogens is 412 g/mol. The molecule has 0 spiro atoms. The van der Waals surface area contributed by atoms with E-state index < -0.39 is 0 Å². The third-order valence-corrected chi connectivity index (χ3v) is 6.46. The predicted molar refractivity (Wildman–Crippen MR) is 125 cm³/mol. The second-order valence-electron chi connectivity index (χ2n) is 7.07. The summed E-state index contributed by atoms with van der Waals surface area (Å²) in [6.07, 6.45) is 0. The maximum absolute atomic E-state index is 12.7. The van der Waals surface area contributed by atoms with Crippen LogP contribution in [0.5, 0.6) is 0 Å². The van der Waals surface area contributed by atoms with Crippen LogP contribution in [0.25, 0.3) is 16.4 Å². The van der Waals surface area contributed by atoms with Crippen LogP contribution in [0.4, 0.5) is 5.69 Å². The number of hydrogen-bond donors (Lipinski definition) is 1. The van der Waals surface area contributed by atoms with Crippen LogP contribution in [-0.4, -0.2) is 26.4 Å². The molecule has 2 heterocycles. The van der Waals surface area contributed by atoms with Crippen molar-refractivity contribution in [1.82, 2.24) is 14.8 Å². The summed E-state index contributed by atoms with van der Waals surface area (Å²) in [6, 6.07) is 18.2. The minimum absolute atomic E-state index is 0.0599. The molecule has 0 aliphatic carbocycles. The van der Waals surface area contributed by atoms with Gasteiger partial charge in [-0.3, -0.25) is 9.36 Å². The summed E-state index contributed by atoms with van der Waals surface area (Å²) < 4.78 is 2.01. The summed E-state index contributed by atoms with van der Waals surface area (Å²) in [5.41, 5.74) is 5.18. The van der Waals surface area contributed by atoms with Gasteiger partial charge < -0.3 is 5.32 Å². The number of carbonyl (C=O) groups excluding carboxylic acids is 1. The lowest BCUT2D eigenvalue weighted by Gasteiger charge is -2.13. The number of anilines is 1. The number of carbonyl (C=O) groups is 1. The number of para-hydroxylation sites is 1. The Labute approximate surface area is 184 Å². The number of nitrogens with one attached hydrogen (secondary N) is 1. The zero-order valence-corrected chi connectivity index (χ0v) is 18.7. The van der Waals surface area contributed by atoms with Crippen molar-refractivity contribution in [3.05, 3.63) is 76.7 Å². The summed E-state index contributed by atoms with van der Waals surface area (Å²) in [4.78, 5) is 13.7. The van der Waals surface area contributed by atoms with E-state index in [0.29, 0.717) is 5.16 Å². The summed E-state index contributed by atoms with van der Waals surface area (Å²) >= 11 is 3.00. The average Bonchev–Trinajstić information content (AvgIpc) is 3.39. The van der Waals surface area contributed by atoms with Gasteiger partial charge in [-0.2, -0.15) is 0 Å². The first-order chi connectivity index (χ1) is 14.5. The Hall–Kier alpha value is -2.90. The van der Waals surface area contributed by atoms with Crippen molar-refractivity contribution in [2.75, 3.05) is 11.1 Å². The van der Waals surface area contributed by atoms with Crippen LogP contribution in [-0.2, 0) is 4.79 Å². The predicted octanol–water partition coefficient (Wildman–Crippen LogP) is 5.65. The lowest BCUT2D eigenvalue weighted by atomic mass is 10.1. The number of thiophene rings is 1. The third-order valence-electron chi connectivity index (χ3n) is 4.66. The SMILES string of the molecule is Cc1cc(C)c(NC(=O)CSc2nnc(-c3cccs3)n2-c2ccccc2)c(C)c1. The Balaban J connectivity index is 1.56. The van der Waals surface area contributed by atoms with Gasteiger partial charge in [-0.25, -0.2) is 0 Å². The van der Waals surface area contributed by atoms with Crippen molar-refractivity contribution in [2.45, 2.75) is 25.9 Å². The Morgan fingerprint density at radius 2 is 1.77 bits per heavy atom. The molecule has 2 aromatic carbocycles. The van der Waals surface area contributed by atoms with E-state index >= 15 is 0 Å². The molecule has 1 N–H and O–H groups in total. The van der Waals surface area contributed by atoms with Gasteiger partial charge in [0.25, 0.3) is 0 Å². The molecule has 0 aliphatic heterocycles. The molecule has 4 aromatic rings. The Morgan fingerprint density at radius 3 is 2.43 bits per heavy atom. The lowest BCUT2D eigenvalue weighted by molar-refractivity contribution is -0.113. The zero-order chi connectivity index (χ0) is 21.1. The van der Waals surface area contributed by atoms with Crippen LogP contribution < -0.4 is 5.32 Å². The van der Waals surface area contributed by atoms with E-state index in [1.165, 1.54) is 17.3 Å². The highest BCUT2D eigenvalue weighted by molar-refractivity contribution is 7.99.